The number of piperazine rings is 1. The van der Waals surface area contributed by atoms with Gasteiger partial charge in [-0.05, 0) is 30.3 Å². The molecule has 8 nitrogen and oxygen atoms in total. The van der Waals surface area contributed by atoms with Gasteiger partial charge in [0.25, 0.3) is 0 Å². The lowest BCUT2D eigenvalue weighted by molar-refractivity contribution is -0.120. The average Bonchev–Trinajstić information content (AvgIpc) is 3.24. The Morgan fingerprint density at radius 3 is 2.84 bits per heavy atom. The van der Waals surface area contributed by atoms with Crippen molar-refractivity contribution in [1.29, 1.82) is 5.26 Å². The summed E-state index contributed by atoms with van der Waals surface area (Å²) in [5.41, 5.74) is 2.62. The van der Waals surface area contributed by atoms with Crippen LogP contribution in [0.25, 0.3) is 16.6 Å². The molecule has 0 radical (unpaired) electrons. The van der Waals surface area contributed by atoms with Crippen molar-refractivity contribution in [3.63, 3.8) is 0 Å². The van der Waals surface area contributed by atoms with Crippen molar-refractivity contribution in [3.05, 3.63) is 66.5 Å². The molecule has 4 aromatic heterocycles. The Hall–Kier alpha value is -3.97. The maximum absolute atomic E-state index is 14.2. The molecule has 1 N–H and O–H groups in total. The van der Waals surface area contributed by atoms with Gasteiger partial charge in [-0.15, -0.1) is 0 Å². The number of nitrogens with one attached hydrogen (secondary N) is 1. The van der Waals surface area contributed by atoms with Gasteiger partial charge in [-0.1, -0.05) is 11.8 Å². The molecule has 158 valence electrons. The molecule has 4 aromatic rings. The third-order valence-corrected chi connectivity index (χ3v) is 6.10. The highest BCUT2D eigenvalue weighted by atomic mass is 32.2. The molecule has 5 rings (SSSR count). The number of carbonyl (C=O) groups excluding carboxylic acids is 1. The smallest absolute Gasteiger partial charge is 0.239 e. The van der Waals surface area contributed by atoms with Crippen LogP contribution in [0, 0.1) is 17.1 Å². The quantitative estimate of drug-likeness (QED) is 0.516. The number of anilines is 1. The molecule has 1 fully saturated rings. The molecule has 10 heteroatoms. The highest BCUT2D eigenvalue weighted by Crippen LogP contribution is 2.35. The first-order valence-corrected chi connectivity index (χ1v) is 10.6. The summed E-state index contributed by atoms with van der Waals surface area (Å²) in [5.74, 6) is 0.263. The Morgan fingerprint density at radius 2 is 2.09 bits per heavy atom. The number of nitriles is 1. The van der Waals surface area contributed by atoms with E-state index in [0.29, 0.717) is 29.1 Å². The molecule has 0 atom stereocenters. The second kappa shape index (κ2) is 8.28. The molecule has 0 spiro atoms. The van der Waals surface area contributed by atoms with Gasteiger partial charge < -0.3 is 10.2 Å². The van der Waals surface area contributed by atoms with Gasteiger partial charge in [-0.3, -0.25) is 4.79 Å². The van der Waals surface area contributed by atoms with E-state index in [1.165, 1.54) is 24.5 Å². The van der Waals surface area contributed by atoms with Crippen LogP contribution in [0.15, 0.2) is 65.0 Å². The van der Waals surface area contributed by atoms with Crippen LogP contribution in [-0.4, -0.2) is 45.1 Å². The molecule has 1 aliphatic rings. The van der Waals surface area contributed by atoms with Gasteiger partial charge in [0, 0.05) is 47.7 Å². The zero-order valence-corrected chi connectivity index (χ0v) is 17.5. The molecule has 0 aromatic carbocycles. The SMILES string of the molecule is N#Cc1cnn2cc(-c3ccc(N4CCNC(=O)C4)nc3)cc(Sc3ncccc3F)c12. The van der Waals surface area contributed by atoms with Crippen molar-refractivity contribution in [2.24, 2.45) is 0 Å². The average molecular weight is 445 g/mol. The summed E-state index contributed by atoms with van der Waals surface area (Å²) in [5, 5.41) is 16.8. The largest absolute Gasteiger partial charge is 0.353 e. The molecular formula is C22H16FN7OS. The summed E-state index contributed by atoms with van der Waals surface area (Å²) >= 11 is 1.14. The van der Waals surface area contributed by atoms with E-state index >= 15 is 0 Å². The highest BCUT2D eigenvalue weighted by molar-refractivity contribution is 7.99. The Bertz CT molecular complexity index is 1360. The monoisotopic (exact) mass is 445 g/mol. The summed E-state index contributed by atoms with van der Waals surface area (Å²) < 4.78 is 15.9. The summed E-state index contributed by atoms with van der Waals surface area (Å²) in [7, 11) is 0. The molecule has 0 bridgehead atoms. The van der Waals surface area contributed by atoms with E-state index in [1.54, 1.807) is 16.9 Å². The van der Waals surface area contributed by atoms with Crippen LogP contribution >= 0.6 is 11.8 Å². The topological polar surface area (TPSA) is 99.2 Å². The van der Waals surface area contributed by atoms with E-state index in [-0.39, 0.29) is 17.5 Å². The van der Waals surface area contributed by atoms with Gasteiger partial charge >= 0.3 is 0 Å². The van der Waals surface area contributed by atoms with E-state index in [0.717, 1.165) is 28.7 Å². The number of hydrogen-bond donors (Lipinski definition) is 1. The highest BCUT2D eigenvalue weighted by Gasteiger charge is 2.18. The number of aromatic nitrogens is 4. The van der Waals surface area contributed by atoms with Crippen LogP contribution < -0.4 is 10.2 Å². The number of halogens is 1. The molecular weight excluding hydrogens is 429 g/mol. The number of nitrogens with zero attached hydrogens (tertiary/aromatic N) is 6. The first-order valence-electron chi connectivity index (χ1n) is 9.80. The lowest BCUT2D eigenvalue weighted by Gasteiger charge is -2.27. The lowest BCUT2D eigenvalue weighted by atomic mass is 10.1. The second-order valence-electron chi connectivity index (χ2n) is 7.13. The zero-order chi connectivity index (χ0) is 22.1. The minimum absolute atomic E-state index is 0.0250. The fourth-order valence-corrected chi connectivity index (χ4v) is 4.50. The molecule has 1 amide bonds. The summed E-state index contributed by atoms with van der Waals surface area (Å²) in [6, 6.07) is 10.7. The van der Waals surface area contributed by atoms with Crippen molar-refractivity contribution in [1.82, 2.24) is 24.9 Å². The van der Waals surface area contributed by atoms with Gasteiger partial charge in [0.2, 0.25) is 5.91 Å². The van der Waals surface area contributed by atoms with Gasteiger partial charge in [0.05, 0.1) is 23.8 Å². The molecule has 0 aliphatic carbocycles. The normalized spacial score (nSPS) is 13.8. The van der Waals surface area contributed by atoms with Crippen LogP contribution in [0.5, 0.6) is 0 Å². The second-order valence-corrected chi connectivity index (χ2v) is 8.16. The lowest BCUT2D eigenvalue weighted by Crippen LogP contribution is -2.48. The first kappa shape index (κ1) is 20.0. The van der Waals surface area contributed by atoms with Crippen molar-refractivity contribution >= 4 is 29.0 Å². The molecule has 1 aliphatic heterocycles. The Balaban J connectivity index is 1.54. The van der Waals surface area contributed by atoms with Gasteiger partial charge in [-0.25, -0.2) is 18.9 Å². The predicted molar refractivity (Wildman–Crippen MR) is 117 cm³/mol. The van der Waals surface area contributed by atoms with E-state index < -0.39 is 5.82 Å². The number of fused-ring (bicyclic) bond motifs is 1. The summed E-state index contributed by atoms with van der Waals surface area (Å²) in [6.45, 7) is 1.56. The van der Waals surface area contributed by atoms with Crippen molar-refractivity contribution in [2.45, 2.75) is 9.92 Å². The van der Waals surface area contributed by atoms with E-state index in [2.05, 4.69) is 26.5 Å². The number of pyridine rings is 3. The molecule has 0 unspecified atom stereocenters. The van der Waals surface area contributed by atoms with Crippen LogP contribution in [0.4, 0.5) is 10.2 Å². The maximum atomic E-state index is 14.2. The fourth-order valence-electron chi connectivity index (χ4n) is 3.53. The van der Waals surface area contributed by atoms with Crippen LogP contribution in [0.2, 0.25) is 0 Å². The van der Waals surface area contributed by atoms with E-state index in [4.69, 9.17) is 0 Å². The fraction of sp³-hybridized carbons (Fsp3) is 0.136. The van der Waals surface area contributed by atoms with Gasteiger partial charge in [-0.2, -0.15) is 10.4 Å². The van der Waals surface area contributed by atoms with Crippen molar-refractivity contribution in [3.8, 4) is 17.2 Å². The van der Waals surface area contributed by atoms with Crippen LogP contribution in [0.1, 0.15) is 5.56 Å². The van der Waals surface area contributed by atoms with Crippen molar-refractivity contribution in [2.75, 3.05) is 24.5 Å². The summed E-state index contributed by atoms with van der Waals surface area (Å²) in [6.07, 6.45) is 6.55. The number of rotatable bonds is 4. The third kappa shape index (κ3) is 3.74. The predicted octanol–water partition coefficient (Wildman–Crippen LogP) is 2.89. The standard InChI is InChI=1S/C22H16FN7OS/c23-17-2-1-5-26-22(17)32-18-8-15(12-30-21(18)16(9-24)11-28-30)14-3-4-19(27-10-14)29-7-6-25-20(31)13-29/h1-5,8,10-12H,6-7,13H2,(H,25,31). The minimum Gasteiger partial charge on any atom is -0.353 e. The number of amides is 1. The van der Waals surface area contributed by atoms with Crippen LogP contribution in [-0.2, 0) is 4.79 Å². The molecule has 0 saturated carbocycles. The van der Waals surface area contributed by atoms with E-state index in [1.807, 2.05) is 23.1 Å². The zero-order valence-electron chi connectivity index (χ0n) is 16.7. The molecule has 1 saturated heterocycles. The Kier molecular flexibility index (Phi) is 5.17. The molecule has 5 heterocycles. The Morgan fingerprint density at radius 1 is 1.19 bits per heavy atom. The molecule has 32 heavy (non-hydrogen) atoms. The number of hydrogen-bond acceptors (Lipinski definition) is 7. The maximum Gasteiger partial charge on any atom is 0.239 e. The minimum atomic E-state index is -0.435. The first-order chi connectivity index (χ1) is 15.6. The van der Waals surface area contributed by atoms with Crippen LogP contribution in [0.3, 0.4) is 0 Å². The van der Waals surface area contributed by atoms with Gasteiger partial charge in [0.1, 0.15) is 16.9 Å². The Labute approximate surface area is 186 Å². The van der Waals surface area contributed by atoms with Gasteiger partial charge in [0.15, 0.2) is 5.82 Å². The number of carbonyl (C=O) groups is 1. The summed E-state index contributed by atoms with van der Waals surface area (Å²) in [4.78, 5) is 22.9. The van der Waals surface area contributed by atoms with E-state index in [9.17, 15) is 14.4 Å². The third-order valence-electron chi connectivity index (χ3n) is 5.07. The van der Waals surface area contributed by atoms with Crippen molar-refractivity contribution < 1.29 is 9.18 Å².